The number of nitrogens with zero attached hydrogens (tertiary/aromatic N) is 3. The van der Waals surface area contributed by atoms with Crippen molar-refractivity contribution in [2.45, 2.75) is 12.5 Å². The Morgan fingerprint density at radius 3 is 2.78 bits per heavy atom. The number of aliphatic hydroxyl groups excluding tert-OH is 1. The van der Waals surface area contributed by atoms with Gasteiger partial charge in [0.15, 0.2) is 5.82 Å². The van der Waals surface area contributed by atoms with Crippen molar-refractivity contribution < 1.29 is 15.0 Å². The number of carbonyl (C=O) groups is 1. The zero-order valence-electron chi connectivity index (χ0n) is 17.3. The highest BCUT2D eigenvalue weighted by molar-refractivity contribution is 6.36. The maximum atomic E-state index is 10.7. The fraction of sp³-hybridized carbons (Fsp3) is 0.174. The molecule has 0 spiro atoms. The molecule has 0 bridgehead atoms. The molecule has 8 nitrogen and oxygen atoms in total. The minimum atomic E-state index is -1.07. The number of hydrogen-bond donors (Lipinski definition) is 4. The van der Waals surface area contributed by atoms with Gasteiger partial charge in [0.2, 0.25) is 0 Å². The van der Waals surface area contributed by atoms with Crippen LogP contribution in [0, 0.1) is 0 Å². The average Bonchev–Trinajstić information content (AvgIpc) is 3.08. The Morgan fingerprint density at radius 1 is 1.25 bits per heavy atom. The summed E-state index contributed by atoms with van der Waals surface area (Å²) in [7, 11) is 1.85. The lowest BCUT2D eigenvalue weighted by molar-refractivity contribution is -0.139. The van der Waals surface area contributed by atoms with Gasteiger partial charge < -0.3 is 15.5 Å². The maximum Gasteiger partial charge on any atom is 0.306 e. The van der Waals surface area contributed by atoms with Gasteiger partial charge >= 0.3 is 5.97 Å². The number of pyridine rings is 1. The SMILES string of the molecule is Cn1[nH]c(Nc2cccc(-c3ccccc3)c2Cl)c2ncc(=NCC(O)CC(=O)O)cc1-2. The monoisotopic (exact) mass is 451 g/mol. The van der Waals surface area contributed by atoms with Gasteiger partial charge in [-0.05, 0) is 17.7 Å². The van der Waals surface area contributed by atoms with E-state index in [4.69, 9.17) is 16.7 Å². The molecule has 32 heavy (non-hydrogen) atoms. The molecular weight excluding hydrogens is 430 g/mol. The Hall–Kier alpha value is -3.62. The van der Waals surface area contributed by atoms with Crippen LogP contribution in [0.1, 0.15) is 6.42 Å². The number of nitrogens with one attached hydrogen (secondary N) is 2. The van der Waals surface area contributed by atoms with Crippen LogP contribution in [0.15, 0.2) is 65.8 Å². The lowest BCUT2D eigenvalue weighted by atomic mass is 10.1. The molecule has 0 aliphatic carbocycles. The summed E-state index contributed by atoms with van der Waals surface area (Å²) < 4.78 is 1.80. The van der Waals surface area contributed by atoms with Crippen LogP contribution < -0.4 is 10.7 Å². The Morgan fingerprint density at radius 2 is 2.03 bits per heavy atom. The zero-order valence-corrected chi connectivity index (χ0v) is 18.0. The molecule has 0 amide bonds. The number of hydrogen-bond acceptors (Lipinski definition) is 5. The van der Waals surface area contributed by atoms with Gasteiger partial charge in [-0.1, -0.05) is 54.1 Å². The molecule has 2 aliphatic heterocycles. The van der Waals surface area contributed by atoms with Crippen molar-refractivity contribution in [2.75, 3.05) is 11.9 Å². The molecule has 1 unspecified atom stereocenters. The standard InChI is InChI=1S/C23H22ClN5O3/c1-29-19-10-15(25-13-16(30)11-20(31)32)12-26-22(19)23(28-29)27-18-9-5-8-17(21(18)24)14-6-3-2-4-7-14/h2-10,12,16,27-28,30H,11,13H2,1H3,(H,31,32). The van der Waals surface area contributed by atoms with E-state index in [0.717, 1.165) is 22.5 Å². The molecule has 2 heterocycles. The van der Waals surface area contributed by atoms with Crippen LogP contribution in [0.2, 0.25) is 5.02 Å². The van der Waals surface area contributed by atoms with Gasteiger partial charge in [-0.25, -0.2) is 4.98 Å². The predicted octanol–water partition coefficient (Wildman–Crippen LogP) is 3.65. The largest absolute Gasteiger partial charge is 0.481 e. The van der Waals surface area contributed by atoms with Gasteiger partial charge in [0.05, 0.1) is 47.0 Å². The molecule has 2 aromatic carbocycles. The molecule has 2 aromatic rings. The predicted molar refractivity (Wildman–Crippen MR) is 123 cm³/mol. The van der Waals surface area contributed by atoms with Crippen LogP contribution in [-0.4, -0.2) is 43.6 Å². The van der Waals surface area contributed by atoms with Gasteiger partial charge in [-0.15, -0.1) is 0 Å². The normalized spacial score (nSPS) is 12.8. The Kier molecular flexibility index (Phi) is 6.25. The number of aromatic nitrogens is 3. The summed E-state index contributed by atoms with van der Waals surface area (Å²) in [6.07, 6.45) is 0.185. The van der Waals surface area contributed by atoms with Gasteiger partial charge in [-0.3, -0.25) is 19.6 Å². The number of aliphatic carboxylic acids is 1. The number of anilines is 2. The molecule has 4 N–H and O–H groups in total. The van der Waals surface area contributed by atoms with Crippen LogP contribution in [0.5, 0.6) is 0 Å². The summed E-state index contributed by atoms with van der Waals surface area (Å²) in [5.74, 6) is -0.393. The van der Waals surface area contributed by atoms with E-state index in [1.165, 1.54) is 0 Å². The van der Waals surface area contributed by atoms with E-state index in [0.29, 0.717) is 21.9 Å². The molecule has 0 saturated heterocycles. The van der Waals surface area contributed by atoms with Crippen molar-refractivity contribution in [3.05, 3.63) is 71.2 Å². The topological polar surface area (TPSA) is 116 Å². The second kappa shape index (κ2) is 9.25. The molecule has 9 heteroatoms. The van der Waals surface area contributed by atoms with E-state index in [-0.39, 0.29) is 13.0 Å². The van der Waals surface area contributed by atoms with E-state index in [1.54, 1.807) is 10.9 Å². The first-order chi connectivity index (χ1) is 15.4. The quantitative estimate of drug-likeness (QED) is 0.342. The number of aromatic amines is 1. The average molecular weight is 452 g/mol. The van der Waals surface area contributed by atoms with E-state index in [1.807, 2.05) is 61.6 Å². The van der Waals surface area contributed by atoms with Crippen molar-refractivity contribution in [2.24, 2.45) is 12.0 Å². The minimum absolute atomic E-state index is 0.0133. The first-order valence-corrected chi connectivity index (χ1v) is 10.4. The number of halogens is 1. The number of aryl methyl sites for hydroxylation is 1. The smallest absolute Gasteiger partial charge is 0.306 e. The fourth-order valence-corrected chi connectivity index (χ4v) is 3.71. The van der Waals surface area contributed by atoms with Crippen molar-refractivity contribution in [3.63, 3.8) is 0 Å². The zero-order chi connectivity index (χ0) is 22.7. The van der Waals surface area contributed by atoms with Crippen LogP contribution in [0.25, 0.3) is 22.5 Å². The second-order valence-corrected chi connectivity index (χ2v) is 7.74. The number of fused-ring (bicyclic) bond motifs is 1. The summed E-state index contributed by atoms with van der Waals surface area (Å²) >= 11 is 6.70. The lowest BCUT2D eigenvalue weighted by Gasteiger charge is -2.11. The number of aliphatic hydroxyl groups is 1. The summed E-state index contributed by atoms with van der Waals surface area (Å²) in [6, 6.07) is 17.5. The highest BCUT2D eigenvalue weighted by Gasteiger charge is 2.17. The molecule has 4 rings (SSSR count). The minimum Gasteiger partial charge on any atom is -0.481 e. The first kappa shape index (κ1) is 21.6. The third-order valence-electron chi connectivity index (χ3n) is 4.97. The third-order valence-corrected chi connectivity index (χ3v) is 5.38. The van der Waals surface area contributed by atoms with Gasteiger partial charge in [0.25, 0.3) is 0 Å². The molecule has 2 aliphatic rings. The number of benzene rings is 2. The number of carboxylic acids is 1. The Balaban J connectivity index is 1.62. The van der Waals surface area contributed by atoms with Crippen LogP contribution in [-0.2, 0) is 11.8 Å². The van der Waals surface area contributed by atoms with Gasteiger partial charge in [0, 0.05) is 12.6 Å². The highest BCUT2D eigenvalue weighted by Crippen LogP contribution is 2.36. The van der Waals surface area contributed by atoms with Crippen LogP contribution >= 0.6 is 11.6 Å². The van der Waals surface area contributed by atoms with E-state index in [2.05, 4.69) is 20.4 Å². The van der Waals surface area contributed by atoms with Crippen LogP contribution in [0.4, 0.5) is 11.5 Å². The third kappa shape index (κ3) is 4.66. The summed E-state index contributed by atoms with van der Waals surface area (Å²) in [4.78, 5) is 19.4. The number of carboxylic acid groups (broad SMARTS) is 1. The summed E-state index contributed by atoms with van der Waals surface area (Å²) in [5.41, 5.74) is 4.17. The molecule has 0 fully saturated rings. The Bertz CT molecular complexity index is 1280. The Labute approximate surface area is 189 Å². The van der Waals surface area contributed by atoms with Gasteiger partial charge in [0.1, 0.15) is 5.69 Å². The molecule has 0 saturated carbocycles. The van der Waals surface area contributed by atoms with Crippen molar-refractivity contribution in [3.8, 4) is 22.5 Å². The van der Waals surface area contributed by atoms with E-state index in [9.17, 15) is 9.90 Å². The summed E-state index contributed by atoms with van der Waals surface area (Å²) in [5, 5.41) is 26.2. The van der Waals surface area contributed by atoms with Crippen molar-refractivity contribution >= 4 is 29.1 Å². The van der Waals surface area contributed by atoms with Gasteiger partial charge in [-0.2, -0.15) is 0 Å². The van der Waals surface area contributed by atoms with E-state index >= 15 is 0 Å². The van der Waals surface area contributed by atoms with Crippen molar-refractivity contribution in [1.82, 2.24) is 14.8 Å². The highest BCUT2D eigenvalue weighted by atomic mass is 35.5. The lowest BCUT2D eigenvalue weighted by Crippen LogP contribution is -2.18. The fourth-order valence-electron chi connectivity index (χ4n) is 3.43. The summed E-state index contributed by atoms with van der Waals surface area (Å²) in [6.45, 7) is -0.0133. The second-order valence-electron chi connectivity index (χ2n) is 7.36. The van der Waals surface area contributed by atoms with E-state index < -0.39 is 12.1 Å². The number of rotatable bonds is 7. The van der Waals surface area contributed by atoms with Crippen molar-refractivity contribution in [1.29, 1.82) is 0 Å². The molecule has 0 radical (unpaired) electrons. The molecular formula is C23H22ClN5O3. The molecule has 164 valence electrons. The first-order valence-electron chi connectivity index (χ1n) is 9.98. The molecule has 1 atom stereocenters. The molecule has 0 aromatic heterocycles. The maximum absolute atomic E-state index is 10.7. The van der Waals surface area contributed by atoms with Crippen LogP contribution in [0.3, 0.4) is 0 Å². The number of H-pyrrole nitrogens is 1.